The van der Waals surface area contributed by atoms with E-state index >= 15 is 0 Å². The third-order valence-electron chi connectivity index (χ3n) is 4.79. The summed E-state index contributed by atoms with van der Waals surface area (Å²) in [5.74, 6) is 2.02. The Morgan fingerprint density at radius 3 is 2.71 bits per heavy atom. The van der Waals surface area contributed by atoms with Gasteiger partial charge in [0.1, 0.15) is 5.84 Å². The molecular formula is C24H35N5S2. The smallest absolute Gasteiger partial charge is 0.123 e. The Bertz CT molecular complexity index is 814. The topological polar surface area (TPSA) is 52.3 Å². The number of amidine groups is 1. The molecule has 1 aromatic rings. The number of rotatable bonds is 14. The number of aliphatic imine (C=N–C) groups is 3. The molecule has 0 aliphatic carbocycles. The second-order valence-corrected chi connectivity index (χ2v) is 8.07. The standard InChI is InChI=1S/C24H35N5S2/c1-7-20(3)29(14-12-27-24(28-18-30)16-19(2)26-6)21(4)23-11-9-8-10-22(23)17-31-15-13-25-5/h8-11,13,15-16,20,30H,4-7,12,14,17-18H2,1-3H3,(H,27,28)/b15-13-,19-16-. The van der Waals surface area contributed by atoms with Crippen molar-refractivity contribution in [1.29, 1.82) is 0 Å². The Hall–Kier alpha value is -2.25. The minimum absolute atomic E-state index is 0.359. The van der Waals surface area contributed by atoms with Gasteiger partial charge < -0.3 is 10.2 Å². The van der Waals surface area contributed by atoms with E-state index in [1.807, 2.05) is 18.4 Å². The maximum absolute atomic E-state index is 4.46. The summed E-state index contributed by atoms with van der Waals surface area (Å²) in [5.41, 5.74) is 4.26. The SMILES string of the molecule is C=N/C=C\SCc1ccccc1C(=C)N(CCNC(/C=C(/C)N=C)=NCS)C(C)CC. The normalized spacial score (nSPS) is 13.2. The first-order chi connectivity index (χ1) is 15.0. The minimum Gasteiger partial charge on any atom is -0.369 e. The van der Waals surface area contributed by atoms with Crippen LogP contribution < -0.4 is 5.32 Å². The Kier molecular flexibility index (Phi) is 13.4. The Morgan fingerprint density at radius 1 is 1.32 bits per heavy atom. The Morgan fingerprint density at radius 2 is 2.06 bits per heavy atom. The van der Waals surface area contributed by atoms with Crippen molar-refractivity contribution >= 4 is 49.4 Å². The highest BCUT2D eigenvalue weighted by molar-refractivity contribution is 8.01. The van der Waals surface area contributed by atoms with Gasteiger partial charge >= 0.3 is 0 Å². The highest BCUT2D eigenvalue weighted by Crippen LogP contribution is 2.27. The summed E-state index contributed by atoms with van der Waals surface area (Å²) in [4.78, 5) is 14.4. The molecule has 7 heteroatoms. The lowest BCUT2D eigenvalue weighted by Gasteiger charge is -2.33. The molecule has 0 radical (unpaired) electrons. The molecule has 1 N–H and O–H groups in total. The number of hydrogen-bond acceptors (Lipinski definition) is 6. The molecule has 0 fully saturated rings. The molecule has 0 saturated carbocycles. The fourth-order valence-corrected chi connectivity index (χ4v) is 3.78. The summed E-state index contributed by atoms with van der Waals surface area (Å²) < 4.78 is 0. The van der Waals surface area contributed by atoms with Gasteiger partial charge in [-0.25, -0.2) is 0 Å². The number of thiol groups is 1. The summed E-state index contributed by atoms with van der Waals surface area (Å²) in [6.45, 7) is 19.3. The summed E-state index contributed by atoms with van der Waals surface area (Å²) in [6, 6.07) is 8.79. The van der Waals surface area contributed by atoms with Gasteiger partial charge in [-0.1, -0.05) is 37.8 Å². The van der Waals surface area contributed by atoms with Gasteiger partial charge in [0.05, 0.1) is 5.88 Å². The lowest BCUT2D eigenvalue weighted by Crippen LogP contribution is -2.38. The zero-order valence-corrected chi connectivity index (χ0v) is 20.6. The third-order valence-corrected chi connectivity index (χ3v) is 5.73. The first kappa shape index (κ1) is 26.8. The van der Waals surface area contributed by atoms with Crippen molar-refractivity contribution in [3.05, 3.63) is 65.4 Å². The third kappa shape index (κ3) is 9.61. The molecule has 0 spiro atoms. The van der Waals surface area contributed by atoms with Crippen LogP contribution >= 0.6 is 24.4 Å². The van der Waals surface area contributed by atoms with Gasteiger partial charge in [-0.3, -0.25) is 15.0 Å². The zero-order chi connectivity index (χ0) is 23.1. The molecule has 1 rings (SSSR count). The fraction of sp³-hybridized carbons (Fsp3) is 0.375. The summed E-state index contributed by atoms with van der Waals surface area (Å²) in [7, 11) is 0. The molecule has 1 atom stereocenters. The fourth-order valence-electron chi connectivity index (χ4n) is 2.92. The van der Waals surface area contributed by atoms with Crippen molar-refractivity contribution in [2.45, 2.75) is 39.0 Å². The molecule has 0 aliphatic rings. The number of benzene rings is 1. The Labute approximate surface area is 197 Å². The van der Waals surface area contributed by atoms with E-state index in [1.165, 1.54) is 11.1 Å². The van der Waals surface area contributed by atoms with Crippen molar-refractivity contribution in [3.8, 4) is 0 Å². The van der Waals surface area contributed by atoms with Gasteiger partial charge in [-0.15, -0.1) is 11.8 Å². The molecule has 0 amide bonds. The van der Waals surface area contributed by atoms with E-state index in [2.05, 4.69) is 95.9 Å². The molecule has 0 heterocycles. The molecule has 1 unspecified atom stereocenters. The van der Waals surface area contributed by atoms with Gasteiger partial charge in [0.25, 0.3) is 0 Å². The highest BCUT2D eigenvalue weighted by atomic mass is 32.2. The van der Waals surface area contributed by atoms with Crippen LogP contribution in [0.4, 0.5) is 0 Å². The van der Waals surface area contributed by atoms with Crippen LogP contribution in [0.1, 0.15) is 38.3 Å². The van der Waals surface area contributed by atoms with Gasteiger partial charge in [0, 0.05) is 54.1 Å². The van der Waals surface area contributed by atoms with Crippen LogP contribution in [-0.2, 0) is 5.75 Å². The first-order valence-corrected chi connectivity index (χ1v) is 12.0. The van der Waals surface area contributed by atoms with Crippen LogP contribution in [-0.4, -0.2) is 49.2 Å². The van der Waals surface area contributed by atoms with Crippen LogP contribution in [0.25, 0.3) is 5.70 Å². The monoisotopic (exact) mass is 457 g/mol. The van der Waals surface area contributed by atoms with Gasteiger partial charge in [-0.2, -0.15) is 12.6 Å². The Balaban J connectivity index is 2.96. The molecule has 0 aromatic heterocycles. The first-order valence-electron chi connectivity index (χ1n) is 10.3. The number of nitrogens with zero attached hydrogens (tertiary/aromatic N) is 4. The second kappa shape index (κ2) is 15.5. The second-order valence-electron chi connectivity index (χ2n) is 6.89. The van der Waals surface area contributed by atoms with Gasteiger partial charge in [0.15, 0.2) is 0 Å². The lowest BCUT2D eigenvalue weighted by molar-refractivity contribution is 0.308. The maximum atomic E-state index is 4.46. The van der Waals surface area contributed by atoms with Crippen LogP contribution in [0, 0.1) is 0 Å². The molecular weight excluding hydrogens is 422 g/mol. The maximum Gasteiger partial charge on any atom is 0.123 e. The number of allylic oxidation sites excluding steroid dienone is 1. The van der Waals surface area contributed by atoms with Gasteiger partial charge in [-0.05, 0) is 44.7 Å². The quantitative estimate of drug-likeness (QED) is 0.216. The van der Waals surface area contributed by atoms with E-state index in [0.29, 0.717) is 11.9 Å². The molecule has 168 valence electrons. The number of nitrogens with one attached hydrogen (secondary N) is 1. The lowest BCUT2D eigenvalue weighted by atomic mass is 10.0. The highest BCUT2D eigenvalue weighted by Gasteiger charge is 2.17. The minimum atomic E-state index is 0.359. The number of thioether (sulfide) groups is 1. The van der Waals surface area contributed by atoms with E-state index < -0.39 is 0 Å². The predicted octanol–water partition coefficient (Wildman–Crippen LogP) is 5.64. The van der Waals surface area contributed by atoms with E-state index in [1.54, 1.807) is 18.0 Å². The molecule has 31 heavy (non-hydrogen) atoms. The van der Waals surface area contributed by atoms with Crippen LogP contribution in [0.5, 0.6) is 0 Å². The van der Waals surface area contributed by atoms with Crippen LogP contribution in [0.3, 0.4) is 0 Å². The van der Waals surface area contributed by atoms with Crippen molar-refractivity contribution < 1.29 is 0 Å². The number of hydrogen-bond donors (Lipinski definition) is 2. The van der Waals surface area contributed by atoms with Crippen molar-refractivity contribution in [2.75, 3.05) is 19.0 Å². The molecule has 5 nitrogen and oxygen atoms in total. The molecule has 1 aromatic carbocycles. The van der Waals surface area contributed by atoms with Crippen molar-refractivity contribution in [1.82, 2.24) is 10.2 Å². The molecule has 0 saturated heterocycles. The van der Waals surface area contributed by atoms with Crippen LogP contribution in [0.15, 0.2) is 69.2 Å². The van der Waals surface area contributed by atoms with Crippen LogP contribution in [0.2, 0.25) is 0 Å². The van der Waals surface area contributed by atoms with Crippen molar-refractivity contribution in [3.63, 3.8) is 0 Å². The zero-order valence-electron chi connectivity index (χ0n) is 18.9. The van der Waals surface area contributed by atoms with E-state index in [9.17, 15) is 0 Å². The summed E-state index contributed by atoms with van der Waals surface area (Å²) in [6.07, 6.45) is 4.62. The largest absolute Gasteiger partial charge is 0.369 e. The van der Waals surface area contributed by atoms with E-state index in [4.69, 9.17) is 0 Å². The van der Waals surface area contributed by atoms with E-state index in [-0.39, 0.29) is 0 Å². The average molecular weight is 458 g/mol. The summed E-state index contributed by atoms with van der Waals surface area (Å²) in [5, 5.41) is 5.35. The van der Waals surface area contributed by atoms with Crippen molar-refractivity contribution in [2.24, 2.45) is 15.0 Å². The average Bonchev–Trinajstić information content (AvgIpc) is 2.79. The van der Waals surface area contributed by atoms with E-state index in [0.717, 1.165) is 42.5 Å². The molecule has 0 aliphatic heterocycles. The predicted molar refractivity (Wildman–Crippen MR) is 145 cm³/mol. The molecule has 0 bridgehead atoms. The van der Waals surface area contributed by atoms with Gasteiger partial charge in [0.2, 0.25) is 0 Å². The summed E-state index contributed by atoms with van der Waals surface area (Å²) >= 11 is 5.90.